The van der Waals surface area contributed by atoms with Gasteiger partial charge in [-0.1, -0.05) is 37.5 Å². The minimum absolute atomic E-state index is 0.0628. The maximum Gasteiger partial charge on any atom is 0.245 e. The van der Waals surface area contributed by atoms with E-state index in [-0.39, 0.29) is 5.91 Å². The van der Waals surface area contributed by atoms with Crippen molar-refractivity contribution in [2.45, 2.75) is 32.1 Å². The highest BCUT2D eigenvalue weighted by Crippen LogP contribution is 2.24. The topological polar surface area (TPSA) is 20.3 Å². The van der Waals surface area contributed by atoms with Gasteiger partial charge in [0.15, 0.2) is 10.4 Å². The Morgan fingerprint density at radius 3 is 2.47 bits per heavy atom. The quantitative estimate of drug-likeness (QED) is 0.749. The molecule has 0 atom stereocenters. The van der Waals surface area contributed by atoms with Crippen molar-refractivity contribution in [3.8, 4) is 0 Å². The lowest BCUT2D eigenvalue weighted by atomic mass is 9.89. The van der Waals surface area contributed by atoms with Crippen LogP contribution >= 0.6 is 0 Å². The van der Waals surface area contributed by atoms with E-state index < -0.39 is 0 Å². The third kappa shape index (κ3) is 3.43. The Morgan fingerprint density at radius 1 is 1.18 bits per heavy atom. The predicted octanol–water partition coefficient (Wildman–Crippen LogP) is 2.79. The van der Waals surface area contributed by atoms with E-state index in [4.69, 9.17) is 0 Å². The van der Waals surface area contributed by atoms with Gasteiger partial charge in [0, 0.05) is 12.1 Å². The molecular weight excluding hydrogens is 226 g/mol. The molecule has 0 aromatic heterocycles. The highest BCUT2D eigenvalue weighted by Gasteiger charge is 2.18. The van der Waals surface area contributed by atoms with Gasteiger partial charge in [-0.3, -0.25) is 4.79 Å². The first kappa shape index (κ1) is 12.4. The lowest BCUT2D eigenvalue weighted by Gasteiger charge is -2.27. The van der Waals surface area contributed by atoms with Gasteiger partial charge in [0.2, 0.25) is 5.91 Å². The smallest absolute Gasteiger partial charge is 0.245 e. The van der Waals surface area contributed by atoms with Crippen molar-refractivity contribution < 1.29 is 4.79 Å². The van der Waals surface area contributed by atoms with Gasteiger partial charge in [-0.25, -0.2) is 0 Å². The first-order chi connectivity index (χ1) is 8.27. The third-order valence-electron chi connectivity index (χ3n) is 3.43. The average molecular weight is 244 g/mol. The molecule has 1 saturated carbocycles. The van der Waals surface area contributed by atoms with Crippen molar-refractivity contribution >= 4 is 16.3 Å². The van der Waals surface area contributed by atoms with Crippen LogP contribution in [0.4, 0.5) is 0 Å². The Kier molecular flexibility index (Phi) is 4.37. The van der Waals surface area contributed by atoms with Crippen molar-refractivity contribution in [3.63, 3.8) is 0 Å². The summed E-state index contributed by atoms with van der Waals surface area (Å²) in [5.41, 5.74) is 0.748. The van der Waals surface area contributed by atoms with Crippen LogP contribution in [0.25, 0.3) is 0 Å². The highest BCUT2D eigenvalue weighted by molar-refractivity contribution is 6.18. The molecule has 0 bridgehead atoms. The van der Waals surface area contributed by atoms with Gasteiger partial charge in [-0.15, -0.1) is 0 Å². The molecule has 17 heavy (non-hydrogen) atoms. The molecule has 3 radical (unpaired) electrons. The summed E-state index contributed by atoms with van der Waals surface area (Å²) in [6.45, 7) is 0.824. The number of rotatable bonds is 3. The number of nitrogens with zero attached hydrogens (tertiary/aromatic N) is 1. The summed E-state index contributed by atoms with van der Waals surface area (Å²) in [6.07, 6.45) is 6.48. The molecule has 1 aliphatic carbocycles. The fourth-order valence-electron chi connectivity index (χ4n) is 2.45. The van der Waals surface area contributed by atoms with Gasteiger partial charge in [0.25, 0.3) is 0 Å². The summed E-state index contributed by atoms with van der Waals surface area (Å²) in [5, 5.41) is 0. The molecule has 1 aliphatic rings. The molecule has 1 aromatic carbocycles. The van der Waals surface area contributed by atoms with E-state index in [9.17, 15) is 4.79 Å². The monoisotopic (exact) mass is 244 g/mol. The minimum atomic E-state index is 0.0628. The van der Waals surface area contributed by atoms with Crippen LogP contribution in [0.5, 0.6) is 0 Å². The predicted molar refractivity (Wildman–Crippen MR) is 69.8 cm³/mol. The SMILES string of the molecule is O=C(c1ccccc1)N([Si])CC1CCCCC1. The van der Waals surface area contributed by atoms with Gasteiger partial charge in [-0.05, 0) is 30.9 Å². The standard InChI is InChI=1S/C14H18NOSi/c16-14(13-9-5-2-6-10-13)15(17)11-12-7-3-1-4-8-12/h2,5-6,9-10,12H,1,3-4,7-8,11H2. The Hall–Kier alpha value is -1.09. The maximum atomic E-state index is 12.1. The fraction of sp³-hybridized carbons (Fsp3) is 0.500. The zero-order valence-corrected chi connectivity index (χ0v) is 11.1. The number of carbonyl (C=O) groups is 1. The van der Waals surface area contributed by atoms with Crippen LogP contribution in [0.15, 0.2) is 30.3 Å². The molecule has 0 spiro atoms. The number of hydrogen-bond donors (Lipinski definition) is 0. The van der Waals surface area contributed by atoms with Crippen LogP contribution in [-0.2, 0) is 0 Å². The summed E-state index contributed by atoms with van der Waals surface area (Å²) in [6, 6.07) is 9.43. The van der Waals surface area contributed by atoms with Crippen molar-refractivity contribution in [3.05, 3.63) is 35.9 Å². The van der Waals surface area contributed by atoms with Gasteiger partial charge >= 0.3 is 0 Å². The van der Waals surface area contributed by atoms with Crippen molar-refractivity contribution in [1.82, 2.24) is 4.57 Å². The molecule has 3 heteroatoms. The Morgan fingerprint density at radius 2 is 1.82 bits per heavy atom. The van der Waals surface area contributed by atoms with Crippen LogP contribution in [0.1, 0.15) is 42.5 Å². The van der Waals surface area contributed by atoms with E-state index >= 15 is 0 Å². The average Bonchev–Trinajstić information content (AvgIpc) is 2.40. The minimum Gasteiger partial charge on any atom is -0.367 e. The van der Waals surface area contributed by atoms with E-state index in [1.165, 1.54) is 32.1 Å². The van der Waals surface area contributed by atoms with E-state index in [0.717, 1.165) is 12.1 Å². The number of benzene rings is 1. The van der Waals surface area contributed by atoms with E-state index in [1.54, 1.807) is 4.57 Å². The number of amides is 1. The van der Waals surface area contributed by atoms with E-state index in [2.05, 4.69) is 10.4 Å². The molecule has 0 aliphatic heterocycles. The second-order valence-corrected chi connectivity index (χ2v) is 5.33. The first-order valence-corrected chi connectivity index (χ1v) is 6.80. The Balaban J connectivity index is 1.91. The van der Waals surface area contributed by atoms with E-state index in [0.29, 0.717) is 5.92 Å². The molecule has 0 unspecified atom stereocenters. The molecule has 0 N–H and O–H groups in total. The lowest BCUT2D eigenvalue weighted by Crippen LogP contribution is -2.33. The molecule has 1 amide bonds. The summed E-state index contributed by atoms with van der Waals surface area (Å²) in [5.74, 6) is 0.724. The fourth-order valence-corrected chi connectivity index (χ4v) is 2.83. The van der Waals surface area contributed by atoms with Gasteiger partial charge in [0.1, 0.15) is 0 Å². The summed E-state index contributed by atoms with van der Waals surface area (Å²) in [7, 11) is 3.45. The largest absolute Gasteiger partial charge is 0.367 e. The maximum absolute atomic E-state index is 12.1. The van der Waals surface area contributed by atoms with Crippen LogP contribution in [0, 0.1) is 5.92 Å². The second-order valence-electron chi connectivity index (χ2n) is 4.79. The molecule has 1 aromatic rings. The summed E-state index contributed by atoms with van der Waals surface area (Å²) < 4.78 is 1.69. The van der Waals surface area contributed by atoms with Crippen LogP contribution < -0.4 is 0 Å². The van der Waals surface area contributed by atoms with Crippen molar-refractivity contribution in [1.29, 1.82) is 0 Å². The zero-order chi connectivity index (χ0) is 12.1. The molecule has 2 nitrogen and oxygen atoms in total. The van der Waals surface area contributed by atoms with Gasteiger partial charge in [0.05, 0.1) is 0 Å². The van der Waals surface area contributed by atoms with Gasteiger partial charge < -0.3 is 4.57 Å². The zero-order valence-electron chi connectivity index (χ0n) is 10.1. The number of carbonyl (C=O) groups excluding carboxylic acids is 1. The third-order valence-corrected chi connectivity index (χ3v) is 3.82. The Labute approximate surface area is 107 Å². The molecule has 1 fully saturated rings. The normalized spacial score (nSPS) is 16.8. The molecule has 89 valence electrons. The molecular formula is C14H18NOSi. The van der Waals surface area contributed by atoms with Crippen LogP contribution in [-0.4, -0.2) is 27.4 Å². The van der Waals surface area contributed by atoms with Gasteiger partial charge in [-0.2, -0.15) is 0 Å². The summed E-state index contributed by atoms with van der Waals surface area (Å²) in [4.78, 5) is 12.1. The van der Waals surface area contributed by atoms with Crippen molar-refractivity contribution in [2.24, 2.45) is 5.92 Å². The number of hydrogen-bond acceptors (Lipinski definition) is 1. The van der Waals surface area contributed by atoms with Crippen molar-refractivity contribution in [2.75, 3.05) is 6.54 Å². The first-order valence-electron chi connectivity index (χ1n) is 6.35. The summed E-state index contributed by atoms with van der Waals surface area (Å²) >= 11 is 0. The molecule has 0 saturated heterocycles. The van der Waals surface area contributed by atoms with Crippen LogP contribution in [0.3, 0.4) is 0 Å². The highest BCUT2D eigenvalue weighted by atomic mass is 28.2. The van der Waals surface area contributed by atoms with E-state index in [1.807, 2.05) is 30.3 Å². The molecule has 2 rings (SSSR count). The molecule has 0 heterocycles. The lowest BCUT2D eigenvalue weighted by molar-refractivity contribution is 0.0840. The van der Waals surface area contributed by atoms with Crippen LogP contribution in [0.2, 0.25) is 0 Å². The Bertz CT molecular complexity index is 360. The second kappa shape index (κ2) is 6.01.